The van der Waals surface area contributed by atoms with Crippen LogP contribution in [0.15, 0.2) is 35.7 Å². The van der Waals surface area contributed by atoms with Crippen LogP contribution in [0.2, 0.25) is 5.02 Å². The molecule has 1 aliphatic heterocycles. The number of nitrogens with two attached hydrogens (primary N) is 1. The summed E-state index contributed by atoms with van der Waals surface area (Å²) in [4.78, 5) is 16.7. The molecule has 0 aliphatic carbocycles. The monoisotopic (exact) mass is 398 g/mol. The number of aromatic nitrogens is 1. The van der Waals surface area contributed by atoms with Crippen LogP contribution in [0.3, 0.4) is 0 Å². The zero-order valence-corrected chi connectivity index (χ0v) is 16.4. The summed E-state index contributed by atoms with van der Waals surface area (Å²) in [5.41, 5.74) is 8.93. The number of methoxy groups -OCH3 is 1. The molecule has 3 N–H and O–H groups in total. The molecule has 1 amide bonds. The van der Waals surface area contributed by atoms with Gasteiger partial charge in [-0.05, 0) is 26.0 Å². The van der Waals surface area contributed by atoms with E-state index in [1.54, 1.807) is 25.1 Å². The molecule has 144 valence electrons. The van der Waals surface area contributed by atoms with E-state index in [2.05, 4.69) is 16.4 Å². The maximum absolute atomic E-state index is 12.4. The summed E-state index contributed by atoms with van der Waals surface area (Å²) < 4.78 is 11.2. The minimum absolute atomic E-state index is 0.345. The third-order valence-corrected chi connectivity index (χ3v) is 4.83. The molecule has 0 fully saturated rings. The molecule has 2 heterocycles. The van der Waals surface area contributed by atoms with Crippen LogP contribution in [0.1, 0.15) is 36.5 Å². The smallest absolute Gasteiger partial charge is 0.247 e. The van der Waals surface area contributed by atoms with E-state index in [1.807, 2.05) is 6.92 Å². The average molecular weight is 399 g/mol. The number of hydrogen-bond acceptors (Lipinski definition) is 6. The Kier molecular flexibility index (Phi) is 5.43. The average Bonchev–Trinajstić information content (AvgIpc) is 2.68. The van der Waals surface area contributed by atoms with Crippen molar-refractivity contribution in [3.63, 3.8) is 0 Å². The molecule has 2 aromatic rings. The van der Waals surface area contributed by atoms with Gasteiger partial charge in [-0.2, -0.15) is 5.26 Å². The lowest BCUT2D eigenvalue weighted by atomic mass is 9.80. The van der Waals surface area contributed by atoms with Gasteiger partial charge in [-0.1, -0.05) is 17.7 Å². The van der Waals surface area contributed by atoms with Crippen LogP contribution in [-0.2, 0) is 4.79 Å². The molecule has 0 radical (unpaired) electrons. The summed E-state index contributed by atoms with van der Waals surface area (Å²) in [6.07, 6.45) is 1.49. The molecule has 1 aliphatic rings. The highest BCUT2D eigenvalue weighted by Crippen LogP contribution is 2.49. The molecule has 0 unspecified atom stereocenters. The number of nitriles is 1. The van der Waals surface area contributed by atoms with Gasteiger partial charge in [0.15, 0.2) is 0 Å². The summed E-state index contributed by atoms with van der Waals surface area (Å²) in [5, 5.41) is 12.7. The summed E-state index contributed by atoms with van der Waals surface area (Å²) in [6.45, 7) is 3.97. The van der Waals surface area contributed by atoms with Crippen molar-refractivity contribution in [3.8, 4) is 17.7 Å². The van der Waals surface area contributed by atoms with Gasteiger partial charge in [0.2, 0.25) is 11.8 Å². The predicted octanol–water partition coefficient (Wildman–Crippen LogP) is 3.33. The van der Waals surface area contributed by atoms with Crippen molar-refractivity contribution in [2.24, 2.45) is 5.73 Å². The zero-order chi connectivity index (χ0) is 20.4. The quantitative estimate of drug-likeness (QED) is 0.799. The van der Waals surface area contributed by atoms with E-state index in [-0.39, 0.29) is 0 Å². The van der Waals surface area contributed by atoms with Crippen LogP contribution in [0, 0.1) is 11.3 Å². The number of nitrogens with zero attached hydrogens (tertiary/aromatic N) is 2. The number of amides is 1. The first-order valence-corrected chi connectivity index (χ1v) is 8.97. The van der Waals surface area contributed by atoms with Crippen molar-refractivity contribution < 1.29 is 14.3 Å². The molecule has 1 aromatic carbocycles. The Balaban J connectivity index is 2.37. The van der Waals surface area contributed by atoms with Crippen LogP contribution in [-0.4, -0.2) is 24.6 Å². The Morgan fingerprint density at radius 1 is 1.46 bits per heavy atom. The highest BCUT2D eigenvalue weighted by Gasteiger charge is 2.37. The first-order valence-electron chi connectivity index (χ1n) is 8.59. The van der Waals surface area contributed by atoms with E-state index in [4.69, 9.17) is 26.8 Å². The van der Waals surface area contributed by atoms with E-state index in [0.29, 0.717) is 56.9 Å². The molecule has 1 atom stereocenters. The SMILES string of the molecule is CCOc1ncc(Cl)c2c1[C@H](c1ccc(C#N)cc1OC)C(C(N)=O)=C(C)N2. The van der Waals surface area contributed by atoms with Gasteiger partial charge in [0.05, 0.1) is 53.7 Å². The van der Waals surface area contributed by atoms with Gasteiger partial charge in [-0.25, -0.2) is 4.98 Å². The van der Waals surface area contributed by atoms with Gasteiger partial charge in [0, 0.05) is 16.8 Å². The number of carbonyl (C=O) groups excluding carboxylic acids is 1. The first kappa shape index (κ1) is 19.5. The molecule has 28 heavy (non-hydrogen) atoms. The standard InChI is InChI=1S/C20H19ClN4O3/c1-4-28-20-17-16(12-6-5-11(8-22)7-14(12)27-3)15(19(23)26)10(2)25-18(17)13(21)9-24-20/h5-7,9,16,25H,4H2,1-3H3,(H2,23,26)/t16-/m1/s1. The number of rotatable bonds is 5. The van der Waals surface area contributed by atoms with Gasteiger partial charge < -0.3 is 20.5 Å². The second-order valence-electron chi connectivity index (χ2n) is 6.16. The second-order valence-corrected chi connectivity index (χ2v) is 6.57. The number of carbonyl (C=O) groups is 1. The lowest BCUT2D eigenvalue weighted by molar-refractivity contribution is -0.114. The molecule has 8 heteroatoms. The van der Waals surface area contributed by atoms with E-state index in [0.717, 1.165) is 0 Å². The molecular weight excluding hydrogens is 380 g/mol. The van der Waals surface area contributed by atoms with E-state index >= 15 is 0 Å². The Morgan fingerprint density at radius 2 is 2.21 bits per heavy atom. The number of hydrogen-bond donors (Lipinski definition) is 2. The molecule has 7 nitrogen and oxygen atoms in total. The zero-order valence-electron chi connectivity index (χ0n) is 15.7. The van der Waals surface area contributed by atoms with Gasteiger partial charge in [-0.15, -0.1) is 0 Å². The van der Waals surface area contributed by atoms with Crippen LogP contribution in [0.25, 0.3) is 0 Å². The van der Waals surface area contributed by atoms with Crippen molar-refractivity contribution in [1.82, 2.24) is 4.98 Å². The number of benzene rings is 1. The highest BCUT2D eigenvalue weighted by molar-refractivity contribution is 6.33. The fourth-order valence-electron chi connectivity index (χ4n) is 3.40. The lowest BCUT2D eigenvalue weighted by Gasteiger charge is -2.32. The number of pyridine rings is 1. The molecule has 1 aromatic heterocycles. The topological polar surface area (TPSA) is 110 Å². The summed E-state index contributed by atoms with van der Waals surface area (Å²) in [7, 11) is 1.50. The van der Waals surface area contributed by atoms with E-state index in [1.165, 1.54) is 13.3 Å². The number of nitrogens with one attached hydrogen (secondary N) is 1. The number of anilines is 1. The third kappa shape index (κ3) is 3.23. The second kappa shape index (κ2) is 7.79. The van der Waals surface area contributed by atoms with Crippen molar-refractivity contribution in [3.05, 3.63) is 57.4 Å². The van der Waals surface area contributed by atoms with E-state index < -0.39 is 11.8 Å². The summed E-state index contributed by atoms with van der Waals surface area (Å²) >= 11 is 6.39. The van der Waals surface area contributed by atoms with Crippen molar-refractivity contribution in [1.29, 1.82) is 5.26 Å². The molecular formula is C20H19ClN4O3. The number of allylic oxidation sites excluding steroid dienone is 1. The van der Waals surface area contributed by atoms with Gasteiger partial charge in [0.1, 0.15) is 5.75 Å². The minimum atomic E-state index is -0.621. The molecule has 0 spiro atoms. The maximum Gasteiger partial charge on any atom is 0.247 e. The molecule has 0 saturated heterocycles. The van der Waals surface area contributed by atoms with Gasteiger partial charge in [-0.3, -0.25) is 4.79 Å². The number of ether oxygens (including phenoxy) is 2. The number of halogens is 1. The Labute approximate surface area is 167 Å². The van der Waals surface area contributed by atoms with Gasteiger partial charge in [0.25, 0.3) is 0 Å². The van der Waals surface area contributed by atoms with Gasteiger partial charge >= 0.3 is 0 Å². The number of primary amides is 1. The minimum Gasteiger partial charge on any atom is -0.496 e. The van der Waals surface area contributed by atoms with Crippen LogP contribution >= 0.6 is 11.6 Å². The summed E-state index contributed by atoms with van der Waals surface area (Å²) in [5.74, 6) is -0.415. The van der Waals surface area contributed by atoms with Crippen LogP contribution in [0.5, 0.6) is 11.6 Å². The van der Waals surface area contributed by atoms with Crippen molar-refractivity contribution in [2.75, 3.05) is 19.0 Å². The summed E-state index contributed by atoms with van der Waals surface area (Å²) in [6, 6.07) is 7.09. The predicted molar refractivity (Wildman–Crippen MR) is 105 cm³/mol. The third-order valence-electron chi connectivity index (χ3n) is 4.55. The fourth-order valence-corrected chi connectivity index (χ4v) is 3.60. The maximum atomic E-state index is 12.4. The molecule has 0 saturated carbocycles. The van der Waals surface area contributed by atoms with Crippen molar-refractivity contribution in [2.45, 2.75) is 19.8 Å². The normalized spacial score (nSPS) is 15.3. The molecule has 3 rings (SSSR count). The Morgan fingerprint density at radius 3 is 2.82 bits per heavy atom. The highest BCUT2D eigenvalue weighted by atomic mass is 35.5. The number of fused-ring (bicyclic) bond motifs is 1. The van der Waals surface area contributed by atoms with Crippen LogP contribution < -0.4 is 20.5 Å². The van der Waals surface area contributed by atoms with E-state index in [9.17, 15) is 10.1 Å². The Bertz CT molecular complexity index is 1030. The largest absolute Gasteiger partial charge is 0.496 e. The fraction of sp³-hybridized carbons (Fsp3) is 0.250. The van der Waals surface area contributed by atoms with Crippen molar-refractivity contribution >= 4 is 23.2 Å². The first-order chi connectivity index (χ1) is 13.4. The lowest BCUT2D eigenvalue weighted by Crippen LogP contribution is -2.28. The molecule has 0 bridgehead atoms. The van der Waals surface area contributed by atoms with Crippen LogP contribution in [0.4, 0.5) is 5.69 Å². The Hall–Kier alpha value is -3.24.